The van der Waals surface area contributed by atoms with Gasteiger partial charge in [0.2, 0.25) is 0 Å². The molecule has 6 nitrogen and oxygen atoms in total. The van der Waals surface area contributed by atoms with Crippen molar-refractivity contribution in [3.8, 4) is 17.5 Å². The maximum atomic E-state index is 11.8. The average Bonchev–Trinajstić information content (AvgIpc) is 3.53. The van der Waals surface area contributed by atoms with Crippen LogP contribution in [0.4, 0.5) is 5.00 Å². The predicted octanol–water partition coefficient (Wildman–Crippen LogP) is 5.03. The summed E-state index contributed by atoms with van der Waals surface area (Å²) < 4.78 is 7.77. The number of aryl methyl sites for hydroxylation is 1. The number of carbonyl (C=O) groups excluding carboxylic acids is 1. The molecule has 0 amide bonds. The molecule has 0 atom stereocenters. The van der Waals surface area contributed by atoms with Crippen molar-refractivity contribution in [3.63, 3.8) is 0 Å². The zero-order valence-electron chi connectivity index (χ0n) is 18.6. The van der Waals surface area contributed by atoms with Crippen LogP contribution in [0.15, 0.2) is 66.3 Å². The molecule has 0 N–H and O–H groups in total. The van der Waals surface area contributed by atoms with Gasteiger partial charge in [-0.15, -0.1) is 11.3 Å². The molecule has 0 spiro atoms. The van der Waals surface area contributed by atoms with E-state index in [1.807, 2.05) is 71.5 Å². The Morgan fingerprint density at radius 3 is 2.76 bits per heavy atom. The van der Waals surface area contributed by atoms with E-state index in [1.54, 1.807) is 6.20 Å². The molecule has 2 aromatic carbocycles. The Morgan fingerprint density at radius 2 is 2.06 bits per heavy atom. The molecule has 7 heteroatoms. The van der Waals surface area contributed by atoms with Crippen molar-refractivity contribution in [3.05, 3.63) is 94.1 Å². The highest BCUT2D eigenvalue weighted by atomic mass is 32.1. The van der Waals surface area contributed by atoms with E-state index in [4.69, 9.17) is 4.74 Å². The van der Waals surface area contributed by atoms with E-state index in [0.29, 0.717) is 30.0 Å². The number of likely N-dealkylation sites (N-methyl/N-ethyl adjacent to an activating group) is 1. The molecular formula is C26H24N4O2S. The number of rotatable bonds is 9. The minimum Gasteiger partial charge on any atom is -0.491 e. The normalized spacial score (nSPS) is 10.6. The van der Waals surface area contributed by atoms with Crippen molar-refractivity contribution in [1.29, 1.82) is 5.26 Å². The van der Waals surface area contributed by atoms with Gasteiger partial charge in [0.1, 0.15) is 23.4 Å². The fraction of sp³-hybridized carbons (Fsp3) is 0.192. The predicted molar refractivity (Wildman–Crippen MR) is 131 cm³/mol. The summed E-state index contributed by atoms with van der Waals surface area (Å²) in [7, 11) is 1.93. The van der Waals surface area contributed by atoms with Gasteiger partial charge in [-0.1, -0.05) is 12.1 Å². The van der Waals surface area contributed by atoms with Crippen molar-refractivity contribution in [1.82, 2.24) is 9.78 Å². The van der Waals surface area contributed by atoms with Crippen molar-refractivity contribution in [2.24, 2.45) is 0 Å². The monoisotopic (exact) mass is 456 g/mol. The summed E-state index contributed by atoms with van der Waals surface area (Å²) >= 11 is 1.53. The smallest absolute Gasteiger partial charge is 0.153 e. The molecule has 4 aromatic rings. The highest BCUT2D eigenvalue weighted by Gasteiger charge is 2.12. The van der Waals surface area contributed by atoms with Gasteiger partial charge in [0.15, 0.2) is 6.29 Å². The molecule has 0 aliphatic rings. The van der Waals surface area contributed by atoms with Crippen molar-refractivity contribution < 1.29 is 9.53 Å². The number of ether oxygens (including phenoxy) is 1. The fourth-order valence-corrected chi connectivity index (χ4v) is 4.48. The first kappa shape index (κ1) is 22.3. The number of nitriles is 1. The Balaban J connectivity index is 1.42. The maximum absolute atomic E-state index is 11.8. The second kappa shape index (κ2) is 10.2. The Kier molecular flexibility index (Phi) is 6.86. The lowest BCUT2D eigenvalue weighted by Crippen LogP contribution is -2.23. The van der Waals surface area contributed by atoms with Crippen LogP contribution in [0.25, 0.3) is 5.69 Å². The van der Waals surface area contributed by atoms with E-state index < -0.39 is 0 Å². The van der Waals surface area contributed by atoms with Crippen molar-refractivity contribution in [2.75, 3.05) is 25.1 Å². The molecule has 0 aliphatic carbocycles. The SMILES string of the molecule is Cc1cc(OCCN(C)c2sccc2C#N)c(C=O)cc1Cc1ccc(-n2cccn2)cc1. The van der Waals surface area contributed by atoms with Gasteiger partial charge in [-0.3, -0.25) is 4.79 Å². The number of thiophene rings is 1. The summed E-state index contributed by atoms with van der Waals surface area (Å²) in [5, 5.41) is 16.3. The van der Waals surface area contributed by atoms with Crippen LogP contribution in [0.2, 0.25) is 0 Å². The number of anilines is 1. The Labute approximate surface area is 197 Å². The van der Waals surface area contributed by atoms with Crippen LogP contribution in [-0.2, 0) is 6.42 Å². The Hall–Kier alpha value is -3.89. The summed E-state index contributed by atoms with van der Waals surface area (Å²) in [5.74, 6) is 0.584. The number of nitrogens with zero attached hydrogens (tertiary/aromatic N) is 4. The molecular weight excluding hydrogens is 432 g/mol. The van der Waals surface area contributed by atoms with Gasteiger partial charge in [0, 0.05) is 19.4 Å². The quantitative estimate of drug-likeness (QED) is 0.330. The number of carbonyl (C=O) groups is 1. The van der Waals surface area contributed by atoms with E-state index in [1.165, 1.54) is 11.3 Å². The summed E-state index contributed by atoms with van der Waals surface area (Å²) in [4.78, 5) is 13.8. The molecule has 4 rings (SSSR count). The third-order valence-corrected chi connectivity index (χ3v) is 6.52. The van der Waals surface area contributed by atoms with Gasteiger partial charge in [0.25, 0.3) is 0 Å². The summed E-state index contributed by atoms with van der Waals surface area (Å²) in [6, 6.07) is 18.0. The first-order chi connectivity index (χ1) is 16.1. The minimum absolute atomic E-state index is 0.411. The Bertz CT molecular complexity index is 1270. The van der Waals surface area contributed by atoms with E-state index >= 15 is 0 Å². The van der Waals surface area contributed by atoms with Crippen LogP contribution in [-0.4, -0.2) is 36.3 Å². The third-order valence-electron chi connectivity index (χ3n) is 5.49. The number of aldehydes is 1. The summed E-state index contributed by atoms with van der Waals surface area (Å²) in [6.45, 7) is 3.05. The van der Waals surface area contributed by atoms with E-state index in [0.717, 1.165) is 40.1 Å². The second-order valence-electron chi connectivity index (χ2n) is 7.75. The molecule has 166 valence electrons. The highest BCUT2D eigenvalue weighted by molar-refractivity contribution is 7.14. The number of aromatic nitrogens is 2. The zero-order valence-corrected chi connectivity index (χ0v) is 19.4. The summed E-state index contributed by atoms with van der Waals surface area (Å²) in [6.07, 6.45) is 5.24. The molecule has 0 saturated heterocycles. The zero-order chi connectivity index (χ0) is 23.2. The molecule has 0 fully saturated rings. The molecule has 0 radical (unpaired) electrons. The van der Waals surface area contributed by atoms with Gasteiger partial charge in [-0.05, 0) is 71.8 Å². The average molecular weight is 457 g/mol. The first-order valence-corrected chi connectivity index (χ1v) is 11.5. The Morgan fingerprint density at radius 1 is 1.24 bits per heavy atom. The van der Waals surface area contributed by atoms with Gasteiger partial charge in [-0.25, -0.2) is 4.68 Å². The second-order valence-corrected chi connectivity index (χ2v) is 8.64. The van der Waals surface area contributed by atoms with Gasteiger partial charge < -0.3 is 9.64 Å². The summed E-state index contributed by atoms with van der Waals surface area (Å²) in [5.41, 5.74) is 5.53. The lowest BCUT2D eigenvalue weighted by molar-refractivity contribution is 0.111. The maximum Gasteiger partial charge on any atom is 0.153 e. The fourth-order valence-electron chi connectivity index (χ4n) is 3.64. The van der Waals surface area contributed by atoms with Crippen LogP contribution in [0.5, 0.6) is 5.75 Å². The van der Waals surface area contributed by atoms with Crippen LogP contribution in [0.3, 0.4) is 0 Å². The highest BCUT2D eigenvalue weighted by Crippen LogP contribution is 2.27. The van der Waals surface area contributed by atoms with Crippen molar-refractivity contribution in [2.45, 2.75) is 13.3 Å². The topological polar surface area (TPSA) is 71.2 Å². The molecule has 2 heterocycles. The largest absolute Gasteiger partial charge is 0.491 e. The molecule has 0 bridgehead atoms. The molecule has 0 unspecified atom stereocenters. The lowest BCUT2D eigenvalue weighted by Gasteiger charge is -2.19. The van der Waals surface area contributed by atoms with Crippen LogP contribution in [0, 0.1) is 18.3 Å². The third kappa shape index (κ3) is 5.13. The van der Waals surface area contributed by atoms with Gasteiger partial charge in [-0.2, -0.15) is 10.4 Å². The van der Waals surface area contributed by atoms with E-state index in [2.05, 4.69) is 23.3 Å². The lowest BCUT2D eigenvalue weighted by atomic mass is 9.97. The number of hydrogen-bond acceptors (Lipinski definition) is 6. The number of hydrogen-bond donors (Lipinski definition) is 0. The van der Waals surface area contributed by atoms with Crippen LogP contribution < -0.4 is 9.64 Å². The molecule has 2 aromatic heterocycles. The molecule has 33 heavy (non-hydrogen) atoms. The molecule has 0 aliphatic heterocycles. The standard InChI is InChI=1S/C26H24N4O2S/c1-19-14-25(32-12-11-29(2)26-21(17-27)8-13-33-26)23(18-31)16-22(19)15-20-4-6-24(7-5-20)30-10-3-9-28-30/h3-10,13-14,16,18H,11-12,15H2,1-2H3. The van der Waals surface area contributed by atoms with E-state index in [-0.39, 0.29) is 0 Å². The van der Waals surface area contributed by atoms with Gasteiger partial charge >= 0.3 is 0 Å². The first-order valence-electron chi connectivity index (χ1n) is 10.6. The van der Waals surface area contributed by atoms with E-state index in [9.17, 15) is 10.1 Å². The van der Waals surface area contributed by atoms with Gasteiger partial charge in [0.05, 0.1) is 23.4 Å². The minimum atomic E-state index is 0.411. The van der Waals surface area contributed by atoms with Crippen LogP contribution in [0.1, 0.15) is 32.6 Å². The number of benzene rings is 2. The van der Waals surface area contributed by atoms with Crippen LogP contribution >= 0.6 is 11.3 Å². The molecule has 0 saturated carbocycles. The van der Waals surface area contributed by atoms with Crippen molar-refractivity contribution >= 4 is 22.6 Å².